The van der Waals surface area contributed by atoms with Gasteiger partial charge in [-0.2, -0.15) is 0 Å². The Hall–Kier alpha value is -1.02. The summed E-state index contributed by atoms with van der Waals surface area (Å²) in [5, 5.41) is 3.72. The fraction of sp³-hybridized carbons (Fsp3) is 0.625. The zero-order valence-corrected chi connectivity index (χ0v) is 11.7. The lowest BCUT2D eigenvalue weighted by molar-refractivity contribution is 0.227. The number of aryl methyl sites for hydroxylation is 1. The van der Waals surface area contributed by atoms with Gasteiger partial charge >= 0.3 is 0 Å². The largest absolute Gasteiger partial charge is 0.370 e. The molecule has 2 nitrogen and oxygen atoms in total. The summed E-state index contributed by atoms with van der Waals surface area (Å²) in [7, 11) is 0. The van der Waals surface area contributed by atoms with Crippen molar-refractivity contribution in [3.05, 3.63) is 29.8 Å². The SMILES string of the molecule is Cc1cccc(N2CCC3C(C2)NCC3(C)C)c1. The van der Waals surface area contributed by atoms with Crippen molar-refractivity contribution in [1.29, 1.82) is 0 Å². The van der Waals surface area contributed by atoms with Crippen LogP contribution in [0.2, 0.25) is 0 Å². The van der Waals surface area contributed by atoms with Crippen molar-refractivity contribution in [2.24, 2.45) is 11.3 Å². The molecule has 1 aromatic rings. The van der Waals surface area contributed by atoms with Crippen molar-refractivity contribution < 1.29 is 0 Å². The predicted molar refractivity (Wildman–Crippen MR) is 77.1 cm³/mol. The number of rotatable bonds is 1. The van der Waals surface area contributed by atoms with E-state index < -0.39 is 0 Å². The number of hydrogen-bond acceptors (Lipinski definition) is 2. The van der Waals surface area contributed by atoms with E-state index in [0.717, 1.165) is 12.5 Å². The van der Waals surface area contributed by atoms with Crippen molar-refractivity contribution in [3.63, 3.8) is 0 Å². The van der Waals surface area contributed by atoms with Crippen molar-refractivity contribution in [1.82, 2.24) is 5.32 Å². The molecule has 2 saturated heterocycles. The number of fused-ring (bicyclic) bond motifs is 1. The molecule has 0 amide bonds. The number of nitrogens with one attached hydrogen (secondary N) is 1. The molecule has 2 fully saturated rings. The van der Waals surface area contributed by atoms with Gasteiger partial charge in [0.15, 0.2) is 0 Å². The van der Waals surface area contributed by atoms with Crippen LogP contribution in [0.25, 0.3) is 0 Å². The van der Waals surface area contributed by atoms with E-state index in [9.17, 15) is 0 Å². The first-order valence-corrected chi connectivity index (χ1v) is 7.11. The van der Waals surface area contributed by atoms with Gasteiger partial charge in [0.1, 0.15) is 0 Å². The summed E-state index contributed by atoms with van der Waals surface area (Å²) in [4.78, 5) is 2.54. The van der Waals surface area contributed by atoms with Gasteiger partial charge in [-0.1, -0.05) is 26.0 Å². The van der Waals surface area contributed by atoms with Crippen LogP contribution >= 0.6 is 0 Å². The molecule has 98 valence electrons. The highest BCUT2D eigenvalue weighted by Crippen LogP contribution is 2.40. The number of hydrogen-bond donors (Lipinski definition) is 1. The molecule has 0 radical (unpaired) electrons. The second kappa shape index (κ2) is 4.27. The zero-order chi connectivity index (χ0) is 12.8. The Morgan fingerprint density at radius 1 is 1.33 bits per heavy atom. The smallest absolute Gasteiger partial charge is 0.0369 e. The predicted octanol–water partition coefficient (Wildman–Crippen LogP) is 2.82. The number of anilines is 1. The lowest BCUT2D eigenvalue weighted by Gasteiger charge is -2.40. The summed E-state index contributed by atoms with van der Waals surface area (Å²) in [5.41, 5.74) is 3.22. The van der Waals surface area contributed by atoms with Gasteiger partial charge in [-0.3, -0.25) is 0 Å². The summed E-state index contributed by atoms with van der Waals surface area (Å²) in [6.45, 7) is 10.5. The van der Waals surface area contributed by atoms with Crippen LogP contribution in [0.1, 0.15) is 25.8 Å². The van der Waals surface area contributed by atoms with Gasteiger partial charge in [-0.15, -0.1) is 0 Å². The minimum Gasteiger partial charge on any atom is -0.370 e. The van der Waals surface area contributed by atoms with Crippen LogP contribution in [0.3, 0.4) is 0 Å². The molecular weight excluding hydrogens is 220 g/mol. The van der Waals surface area contributed by atoms with Crippen LogP contribution in [0.15, 0.2) is 24.3 Å². The molecule has 0 aliphatic carbocycles. The summed E-state index contributed by atoms with van der Waals surface area (Å²) >= 11 is 0. The van der Waals surface area contributed by atoms with Crippen molar-refractivity contribution in [3.8, 4) is 0 Å². The molecule has 18 heavy (non-hydrogen) atoms. The Morgan fingerprint density at radius 3 is 2.94 bits per heavy atom. The average molecular weight is 244 g/mol. The van der Waals surface area contributed by atoms with Crippen LogP contribution in [0, 0.1) is 18.3 Å². The molecule has 2 aliphatic rings. The van der Waals surface area contributed by atoms with Crippen LogP contribution in [0.4, 0.5) is 5.69 Å². The zero-order valence-electron chi connectivity index (χ0n) is 11.7. The fourth-order valence-corrected chi connectivity index (χ4v) is 3.68. The first kappa shape index (κ1) is 12.0. The topological polar surface area (TPSA) is 15.3 Å². The van der Waals surface area contributed by atoms with Crippen LogP contribution < -0.4 is 10.2 Å². The molecule has 0 saturated carbocycles. The average Bonchev–Trinajstić information content (AvgIpc) is 2.65. The maximum atomic E-state index is 3.72. The molecule has 3 rings (SSSR count). The molecule has 2 aliphatic heterocycles. The third kappa shape index (κ3) is 2.03. The van der Waals surface area contributed by atoms with E-state index in [-0.39, 0.29) is 0 Å². The maximum absolute atomic E-state index is 3.72. The summed E-state index contributed by atoms with van der Waals surface area (Å²) in [6, 6.07) is 9.57. The van der Waals surface area contributed by atoms with Gasteiger partial charge < -0.3 is 10.2 Å². The van der Waals surface area contributed by atoms with Gasteiger partial charge in [0, 0.05) is 31.4 Å². The quantitative estimate of drug-likeness (QED) is 0.817. The van der Waals surface area contributed by atoms with Gasteiger partial charge in [0.2, 0.25) is 0 Å². The fourth-order valence-electron chi connectivity index (χ4n) is 3.68. The Labute approximate surface area is 110 Å². The van der Waals surface area contributed by atoms with Gasteiger partial charge in [0.05, 0.1) is 0 Å². The minimum absolute atomic E-state index is 0.476. The van der Waals surface area contributed by atoms with E-state index in [1.807, 2.05) is 0 Å². The van der Waals surface area contributed by atoms with E-state index in [2.05, 4.69) is 55.3 Å². The summed E-state index contributed by atoms with van der Waals surface area (Å²) in [6.07, 6.45) is 1.32. The summed E-state index contributed by atoms with van der Waals surface area (Å²) in [5.74, 6) is 0.846. The second-order valence-corrected chi connectivity index (χ2v) is 6.66. The molecule has 2 heteroatoms. The normalized spacial score (nSPS) is 30.3. The van der Waals surface area contributed by atoms with Crippen molar-refractivity contribution >= 4 is 5.69 Å². The molecule has 2 heterocycles. The first-order chi connectivity index (χ1) is 8.56. The molecule has 2 atom stereocenters. The number of benzene rings is 1. The Kier molecular flexibility index (Phi) is 2.86. The highest BCUT2D eigenvalue weighted by Gasteiger charge is 2.44. The van der Waals surface area contributed by atoms with E-state index >= 15 is 0 Å². The number of nitrogens with zero attached hydrogens (tertiary/aromatic N) is 1. The molecular formula is C16H24N2. The van der Waals surface area contributed by atoms with Crippen LogP contribution in [-0.4, -0.2) is 25.7 Å². The monoisotopic (exact) mass is 244 g/mol. The second-order valence-electron chi connectivity index (χ2n) is 6.66. The molecule has 0 bridgehead atoms. The van der Waals surface area contributed by atoms with Crippen LogP contribution in [-0.2, 0) is 0 Å². The van der Waals surface area contributed by atoms with Crippen molar-refractivity contribution in [2.45, 2.75) is 33.2 Å². The van der Waals surface area contributed by atoms with E-state index in [1.54, 1.807) is 0 Å². The molecule has 0 aromatic heterocycles. The lowest BCUT2D eigenvalue weighted by Crippen LogP contribution is -2.47. The number of piperidine rings is 1. The van der Waals surface area contributed by atoms with Gasteiger partial charge in [0.25, 0.3) is 0 Å². The van der Waals surface area contributed by atoms with Crippen molar-refractivity contribution in [2.75, 3.05) is 24.5 Å². The standard InChI is InChI=1S/C16H24N2/c1-12-5-4-6-13(9-12)18-8-7-14-15(10-18)17-11-16(14,2)3/h4-6,9,14-15,17H,7-8,10-11H2,1-3H3. The minimum atomic E-state index is 0.476. The summed E-state index contributed by atoms with van der Waals surface area (Å²) < 4.78 is 0. The molecule has 1 aromatic carbocycles. The Bertz CT molecular complexity index is 438. The lowest BCUT2D eigenvalue weighted by atomic mass is 9.75. The van der Waals surface area contributed by atoms with Gasteiger partial charge in [-0.05, 0) is 42.4 Å². The molecule has 2 unspecified atom stereocenters. The van der Waals surface area contributed by atoms with Crippen LogP contribution in [0.5, 0.6) is 0 Å². The maximum Gasteiger partial charge on any atom is 0.0369 e. The molecule has 1 N–H and O–H groups in total. The van der Waals surface area contributed by atoms with E-state index in [4.69, 9.17) is 0 Å². The van der Waals surface area contributed by atoms with E-state index in [0.29, 0.717) is 11.5 Å². The third-order valence-corrected chi connectivity index (χ3v) is 4.80. The Balaban J connectivity index is 1.76. The third-order valence-electron chi connectivity index (χ3n) is 4.80. The highest BCUT2D eigenvalue weighted by atomic mass is 15.2. The highest BCUT2D eigenvalue weighted by molar-refractivity contribution is 5.49. The Morgan fingerprint density at radius 2 is 2.17 bits per heavy atom. The van der Waals surface area contributed by atoms with E-state index in [1.165, 1.54) is 30.8 Å². The first-order valence-electron chi connectivity index (χ1n) is 7.11. The van der Waals surface area contributed by atoms with Gasteiger partial charge in [-0.25, -0.2) is 0 Å². The molecule has 0 spiro atoms.